The van der Waals surface area contributed by atoms with Gasteiger partial charge < -0.3 is 0 Å². The van der Waals surface area contributed by atoms with Gasteiger partial charge in [0.2, 0.25) is 0 Å². The van der Waals surface area contributed by atoms with Crippen molar-refractivity contribution < 1.29 is 4.79 Å². The maximum atomic E-state index is 13.2. The SMILES string of the molecule is O=C(Cn1cnc2scc(-c3ccc(-c4ccccc4)cc3)c2c1=O)c1ccccc1. The van der Waals surface area contributed by atoms with Crippen molar-refractivity contribution in [3.63, 3.8) is 0 Å². The fourth-order valence-corrected chi connectivity index (χ4v) is 4.54. The lowest BCUT2D eigenvalue weighted by Crippen LogP contribution is -2.24. The molecular formula is C26H18N2O2S. The Bertz CT molecular complexity index is 1420. The summed E-state index contributed by atoms with van der Waals surface area (Å²) in [4.78, 5) is 30.9. The summed E-state index contributed by atoms with van der Waals surface area (Å²) in [7, 11) is 0. The van der Waals surface area contributed by atoms with E-state index in [1.807, 2.05) is 53.9 Å². The molecule has 4 nitrogen and oxygen atoms in total. The van der Waals surface area contributed by atoms with Crippen molar-refractivity contribution in [2.75, 3.05) is 0 Å². The first kappa shape index (κ1) is 19.2. The van der Waals surface area contributed by atoms with Crippen molar-refractivity contribution in [3.8, 4) is 22.3 Å². The van der Waals surface area contributed by atoms with Gasteiger partial charge in [0.1, 0.15) is 4.83 Å². The number of carbonyl (C=O) groups excluding carboxylic acids is 1. The van der Waals surface area contributed by atoms with Crippen molar-refractivity contribution in [1.82, 2.24) is 9.55 Å². The van der Waals surface area contributed by atoms with Gasteiger partial charge in [0.05, 0.1) is 18.3 Å². The minimum Gasteiger partial charge on any atom is -0.292 e. The Labute approximate surface area is 183 Å². The topological polar surface area (TPSA) is 52.0 Å². The van der Waals surface area contributed by atoms with Gasteiger partial charge in [-0.1, -0.05) is 84.9 Å². The van der Waals surface area contributed by atoms with Crippen LogP contribution in [0.25, 0.3) is 32.5 Å². The molecular weight excluding hydrogens is 404 g/mol. The van der Waals surface area contributed by atoms with Crippen LogP contribution in [0.2, 0.25) is 0 Å². The van der Waals surface area contributed by atoms with E-state index in [4.69, 9.17) is 0 Å². The molecule has 5 aromatic rings. The van der Waals surface area contributed by atoms with Crippen molar-refractivity contribution in [1.29, 1.82) is 0 Å². The predicted octanol–water partition coefficient (Wildman–Crippen LogP) is 5.67. The normalized spacial score (nSPS) is 11.0. The number of ketones is 1. The molecule has 2 aromatic heterocycles. The second-order valence-electron chi connectivity index (χ2n) is 7.24. The van der Waals surface area contributed by atoms with E-state index in [0.717, 1.165) is 22.3 Å². The minimum atomic E-state index is -0.197. The van der Waals surface area contributed by atoms with Crippen molar-refractivity contribution in [3.05, 3.63) is 113 Å². The maximum Gasteiger partial charge on any atom is 0.263 e. The molecule has 0 saturated carbocycles. The fourth-order valence-electron chi connectivity index (χ4n) is 3.64. The fraction of sp³-hybridized carbons (Fsp3) is 0.0385. The zero-order valence-corrected chi connectivity index (χ0v) is 17.4. The molecule has 0 bridgehead atoms. The second kappa shape index (κ2) is 8.13. The van der Waals surface area contributed by atoms with Gasteiger partial charge in [0.15, 0.2) is 5.78 Å². The predicted molar refractivity (Wildman–Crippen MR) is 126 cm³/mol. The number of Topliss-reactive ketones (excluding diaryl/α,β-unsaturated/α-hetero) is 1. The van der Waals surface area contributed by atoms with Crippen LogP contribution in [0.5, 0.6) is 0 Å². The second-order valence-corrected chi connectivity index (χ2v) is 8.10. The minimum absolute atomic E-state index is 0.0337. The van der Waals surface area contributed by atoms with Gasteiger partial charge in [-0.05, 0) is 16.7 Å². The molecule has 31 heavy (non-hydrogen) atoms. The molecule has 0 fully saturated rings. The van der Waals surface area contributed by atoms with Crippen LogP contribution in [0, 0.1) is 0 Å². The lowest BCUT2D eigenvalue weighted by molar-refractivity contribution is 0.0970. The van der Waals surface area contributed by atoms with E-state index < -0.39 is 0 Å². The summed E-state index contributed by atoms with van der Waals surface area (Å²) in [6.07, 6.45) is 1.46. The first-order valence-corrected chi connectivity index (χ1v) is 10.8. The lowest BCUT2D eigenvalue weighted by Gasteiger charge is -2.07. The zero-order chi connectivity index (χ0) is 21.2. The molecule has 0 atom stereocenters. The average Bonchev–Trinajstić information content (AvgIpc) is 3.27. The number of fused-ring (bicyclic) bond motifs is 1. The Morgan fingerprint density at radius 3 is 2.13 bits per heavy atom. The van der Waals surface area contributed by atoms with Gasteiger partial charge in [0.25, 0.3) is 5.56 Å². The van der Waals surface area contributed by atoms with E-state index in [9.17, 15) is 9.59 Å². The molecule has 0 N–H and O–H groups in total. The largest absolute Gasteiger partial charge is 0.292 e. The Balaban J connectivity index is 1.51. The van der Waals surface area contributed by atoms with Crippen LogP contribution < -0.4 is 5.56 Å². The molecule has 0 spiro atoms. The number of hydrogen-bond acceptors (Lipinski definition) is 4. The van der Waals surface area contributed by atoms with E-state index in [2.05, 4.69) is 29.2 Å². The molecule has 0 radical (unpaired) electrons. The Morgan fingerprint density at radius 2 is 1.42 bits per heavy atom. The monoisotopic (exact) mass is 422 g/mol. The summed E-state index contributed by atoms with van der Waals surface area (Å²) in [5.74, 6) is -0.118. The van der Waals surface area contributed by atoms with Crippen LogP contribution in [0.15, 0.2) is 101 Å². The summed E-state index contributed by atoms with van der Waals surface area (Å²) in [6, 6.07) is 27.3. The molecule has 2 heterocycles. The Kier molecular flexibility index (Phi) is 5.02. The molecule has 5 heteroatoms. The van der Waals surface area contributed by atoms with Gasteiger partial charge in [-0.15, -0.1) is 11.3 Å². The standard InChI is InChI=1S/C26H18N2O2S/c29-23(21-9-5-2-6-10-21)15-28-17-27-25-24(26(28)30)22(16-31-25)20-13-11-19(12-14-20)18-7-3-1-4-8-18/h1-14,16-17H,15H2. The highest BCUT2D eigenvalue weighted by atomic mass is 32.1. The van der Waals surface area contributed by atoms with Crippen LogP contribution in [0.1, 0.15) is 10.4 Å². The number of rotatable bonds is 5. The third kappa shape index (κ3) is 3.71. The number of carbonyl (C=O) groups is 1. The van der Waals surface area contributed by atoms with Gasteiger partial charge in [0, 0.05) is 16.5 Å². The third-order valence-electron chi connectivity index (χ3n) is 5.27. The molecule has 0 saturated heterocycles. The summed E-state index contributed by atoms with van der Waals surface area (Å²) in [6.45, 7) is -0.0337. The smallest absolute Gasteiger partial charge is 0.263 e. The number of thiophene rings is 1. The molecule has 0 aliphatic carbocycles. The van der Waals surface area contributed by atoms with Crippen LogP contribution in [-0.2, 0) is 6.54 Å². The molecule has 5 rings (SSSR count). The zero-order valence-electron chi connectivity index (χ0n) is 16.6. The molecule has 0 unspecified atom stereocenters. The van der Waals surface area contributed by atoms with Crippen LogP contribution in [0.3, 0.4) is 0 Å². The molecule has 0 aliphatic heterocycles. The highest BCUT2D eigenvalue weighted by Gasteiger charge is 2.15. The van der Waals surface area contributed by atoms with E-state index in [-0.39, 0.29) is 17.9 Å². The van der Waals surface area contributed by atoms with Crippen molar-refractivity contribution >= 4 is 27.3 Å². The molecule has 0 amide bonds. The molecule has 0 aliphatic rings. The van der Waals surface area contributed by atoms with Gasteiger partial charge in [-0.25, -0.2) is 4.98 Å². The lowest BCUT2D eigenvalue weighted by atomic mass is 10.0. The Hall–Kier alpha value is -3.83. The van der Waals surface area contributed by atoms with Gasteiger partial charge in [-0.2, -0.15) is 0 Å². The summed E-state index contributed by atoms with van der Waals surface area (Å²) in [5.41, 5.74) is 4.45. The third-order valence-corrected chi connectivity index (χ3v) is 6.16. The molecule has 3 aromatic carbocycles. The van der Waals surface area contributed by atoms with Crippen LogP contribution in [-0.4, -0.2) is 15.3 Å². The van der Waals surface area contributed by atoms with Crippen molar-refractivity contribution in [2.24, 2.45) is 0 Å². The summed E-state index contributed by atoms with van der Waals surface area (Å²) < 4.78 is 1.40. The molecule has 150 valence electrons. The number of nitrogens with zero attached hydrogens (tertiary/aromatic N) is 2. The van der Waals surface area contributed by atoms with E-state index >= 15 is 0 Å². The first-order valence-electron chi connectivity index (χ1n) is 9.91. The quantitative estimate of drug-likeness (QED) is 0.343. The summed E-state index contributed by atoms with van der Waals surface area (Å²) >= 11 is 1.44. The average molecular weight is 423 g/mol. The van der Waals surface area contributed by atoms with E-state index in [1.165, 1.54) is 22.2 Å². The van der Waals surface area contributed by atoms with Crippen LogP contribution >= 0.6 is 11.3 Å². The van der Waals surface area contributed by atoms with Gasteiger partial charge >= 0.3 is 0 Å². The summed E-state index contributed by atoms with van der Waals surface area (Å²) in [5, 5.41) is 2.51. The Morgan fingerprint density at radius 1 is 0.806 bits per heavy atom. The van der Waals surface area contributed by atoms with E-state index in [0.29, 0.717) is 15.8 Å². The number of aromatic nitrogens is 2. The highest BCUT2D eigenvalue weighted by Crippen LogP contribution is 2.32. The van der Waals surface area contributed by atoms with Gasteiger partial charge in [-0.3, -0.25) is 14.2 Å². The van der Waals surface area contributed by atoms with Crippen LogP contribution in [0.4, 0.5) is 0 Å². The first-order chi connectivity index (χ1) is 15.2. The van der Waals surface area contributed by atoms with Crippen molar-refractivity contribution in [2.45, 2.75) is 6.54 Å². The number of benzene rings is 3. The van der Waals surface area contributed by atoms with E-state index in [1.54, 1.807) is 12.1 Å². The highest BCUT2D eigenvalue weighted by molar-refractivity contribution is 7.17. The number of hydrogen-bond donors (Lipinski definition) is 0. The maximum absolute atomic E-state index is 13.2.